The molecule has 8 heteroatoms. The number of aliphatic imine (C=N–C) groups is 1. The zero-order chi connectivity index (χ0) is 21.4. The minimum Gasteiger partial charge on any atom is -0.379 e. The van der Waals surface area contributed by atoms with Crippen molar-refractivity contribution in [2.45, 2.75) is 45.6 Å². The summed E-state index contributed by atoms with van der Waals surface area (Å²) in [5.74, 6) is 0.820. The van der Waals surface area contributed by atoms with Gasteiger partial charge in [0.25, 0.3) is 0 Å². The highest BCUT2D eigenvalue weighted by molar-refractivity contribution is 14.0. The zero-order valence-electron chi connectivity index (χ0n) is 18.9. The Kier molecular flexibility index (Phi) is 15.1. The van der Waals surface area contributed by atoms with Crippen LogP contribution in [0.3, 0.4) is 0 Å². The van der Waals surface area contributed by atoms with Crippen LogP contribution in [0.1, 0.15) is 45.1 Å². The van der Waals surface area contributed by atoms with Crippen molar-refractivity contribution in [1.29, 1.82) is 5.26 Å². The number of nitrogens with zero attached hydrogens (tertiary/aromatic N) is 3. The molecule has 1 atom stereocenters. The Labute approximate surface area is 204 Å². The van der Waals surface area contributed by atoms with Gasteiger partial charge < -0.3 is 25.0 Å². The Bertz CT molecular complexity index is 680. The fraction of sp³-hybridized carbons (Fsp3) is 0.652. The molecule has 1 aromatic rings. The Morgan fingerprint density at radius 1 is 1.19 bits per heavy atom. The molecule has 1 heterocycles. The SMILES string of the molecule is CCCCOCCOCCN=C(NCC)NC1CCCN(c2ccccc2C#N)C1.I. The number of unbranched alkanes of at least 4 members (excludes halogenated alkanes) is 1. The monoisotopic (exact) mass is 543 g/mol. The van der Waals surface area contributed by atoms with Crippen LogP contribution in [0.15, 0.2) is 29.3 Å². The van der Waals surface area contributed by atoms with Crippen LogP contribution in [0, 0.1) is 11.3 Å². The van der Waals surface area contributed by atoms with Gasteiger partial charge in [-0.05, 0) is 38.3 Å². The maximum Gasteiger partial charge on any atom is 0.191 e. The molecule has 1 saturated heterocycles. The number of piperidine rings is 1. The molecule has 174 valence electrons. The molecule has 2 N–H and O–H groups in total. The first-order valence-electron chi connectivity index (χ1n) is 11.2. The van der Waals surface area contributed by atoms with Crippen molar-refractivity contribution in [2.24, 2.45) is 4.99 Å². The lowest BCUT2D eigenvalue weighted by molar-refractivity contribution is 0.0497. The van der Waals surface area contributed by atoms with E-state index in [4.69, 9.17) is 9.47 Å². The fourth-order valence-electron chi connectivity index (χ4n) is 3.46. The molecular formula is C23H38IN5O2. The van der Waals surface area contributed by atoms with Gasteiger partial charge in [-0.1, -0.05) is 25.5 Å². The van der Waals surface area contributed by atoms with E-state index in [-0.39, 0.29) is 30.0 Å². The second-order valence-electron chi connectivity index (χ2n) is 7.40. The van der Waals surface area contributed by atoms with Crippen LogP contribution in [0.5, 0.6) is 0 Å². The third-order valence-corrected chi connectivity index (χ3v) is 4.99. The summed E-state index contributed by atoms with van der Waals surface area (Å²) in [5, 5.41) is 16.3. The topological polar surface area (TPSA) is 81.9 Å². The van der Waals surface area contributed by atoms with Crippen molar-refractivity contribution in [3.63, 3.8) is 0 Å². The van der Waals surface area contributed by atoms with Gasteiger partial charge in [0.15, 0.2) is 5.96 Å². The summed E-state index contributed by atoms with van der Waals surface area (Å²) in [7, 11) is 0. The number of nitrogens with one attached hydrogen (secondary N) is 2. The second kappa shape index (κ2) is 17.0. The number of ether oxygens (including phenoxy) is 2. The van der Waals surface area contributed by atoms with Gasteiger partial charge in [-0.25, -0.2) is 0 Å². The Morgan fingerprint density at radius 2 is 1.97 bits per heavy atom. The van der Waals surface area contributed by atoms with Gasteiger partial charge in [0.2, 0.25) is 0 Å². The number of benzene rings is 1. The van der Waals surface area contributed by atoms with E-state index in [1.54, 1.807) is 0 Å². The number of anilines is 1. The molecular weight excluding hydrogens is 505 g/mol. The molecule has 1 unspecified atom stereocenters. The van der Waals surface area contributed by atoms with Crippen LogP contribution in [-0.4, -0.2) is 64.6 Å². The maximum atomic E-state index is 9.40. The van der Waals surface area contributed by atoms with Crippen LogP contribution >= 0.6 is 24.0 Å². The van der Waals surface area contributed by atoms with Crippen molar-refractivity contribution in [2.75, 3.05) is 57.5 Å². The lowest BCUT2D eigenvalue weighted by Gasteiger charge is -2.35. The second-order valence-corrected chi connectivity index (χ2v) is 7.40. The van der Waals surface area contributed by atoms with Gasteiger partial charge in [-0.2, -0.15) is 5.26 Å². The number of halogens is 1. The van der Waals surface area contributed by atoms with Crippen molar-refractivity contribution in [3.8, 4) is 6.07 Å². The normalized spacial score (nSPS) is 16.4. The van der Waals surface area contributed by atoms with E-state index in [2.05, 4.69) is 40.4 Å². The number of para-hydroxylation sites is 1. The molecule has 1 aromatic carbocycles. The Morgan fingerprint density at radius 3 is 2.71 bits per heavy atom. The minimum atomic E-state index is 0. The highest BCUT2D eigenvalue weighted by atomic mass is 127. The van der Waals surface area contributed by atoms with Crippen molar-refractivity contribution < 1.29 is 9.47 Å². The van der Waals surface area contributed by atoms with Gasteiger partial charge in [0.1, 0.15) is 6.07 Å². The molecule has 31 heavy (non-hydrogen) atoms. The van der Waals surface area contributed by atoms with Crippen LogP contribution in [0.4, 0.5) is 5.69 Å². The molecule has 1 aliphatic heterocycles. The first-order chi connectivity index (χ1) is 14.8. The molecule has 7 nitrogen and oxygen atoms in total. The Balaban J connectivity index is 0.00000480. The highest BCUT2D eigenvalue weighted by Gasteiger charge is 2.22. The minimum absolute atomic E-state index is 0. The number of rotatable bonds is 12. The number of nitriles is 1. The van der Waals surface area contributed by atoms with Crippen LogP contribution in [0.25, 0.3) is 0 Å². The maximum absolute atomic E-state index is 9.40. The molecule has 0 bridgehead atoms. The zero-order valence-corrected chi connectivity index (χ0v) is 21.3. The summed E-state index contributed by atoms with van der Waals surface area (Å²) in [6.45, 7) is 10.1. The third-order valence-electron chi connectivity index (χ3n) is 4.99. The van der Waals surface area contributed by atoms with Crippen molar-refractivity contribution in [3.05, 3.63) is 29.8 Å². The number of hydrogen-bond acceptors (Lipinski definition) is 5. The predicted octanol–water partition coefficient (Wildman–Crippen LogP) is 3.53. The smallest absolute Gasteiger partial charge is 0.191 e. The molecule has 0 spiro atoms. The lowest BCUT2D eigenvalue weighted by atomic mass is 10.0. The molecule has 0 saturated carbocycles. The summed E-state index contributed by atoms with van der Waals surface area (Å²) in [5.41, 5.74) is 1.75. The average Bonchev–Trinajstić information content (AvgIpc) is 2.78. The van der Waals surface area contributed by atoms with Crippen molar-refractivity contribution in [1.82, 2.24) is 10.6 Å². The third kappa shape index (κ3) is 10.5. The predicted molar refractivity (Wildman–Crippen MR) is 137 cm³/mol. The molecule has 2 rings (SSSR count). The largest absolute Gasteiger partial charge is 0.379 e. The first kappa shape index (κ1) is 27.5. The molecule has 1 aliphatic rings. The summed E-state index contributed by atoms with van der Waals surface area (Å²) in [6.07, 6.45) is 4.42. The summed E-state index contributed by atoms with van der Waals surface area (Å²) < 4.78 is 11.1. The summed E-state index contributed by atoms with van der Waals surface area (Å²) in [6, 6.07) is 10.4. The van der Waals surface area contributed by atoms with E-state index in [1.165, 1.54) is 0 Å². The van der Waals surface area contributed by atoms with Gasteiger partial charge in [-0.3, -0.25) is 4.99 Å². The van der Waals surface area contributed by atoms with E-state index in [0.717, 1.165) is 69.1 Å². The number of guanidine groups is 1. The van der Waals surface area contributed by atoms with Gasteiger partial charge in [0, 0.05) is 32.3 Å². The lowest BCUT2D eigenvalue weighted by Crippen LogP contribution is -2.51. The molecule has 0 aliphatic carbocycles. The standard InChI is InChI=1S/C23H37N5O2.HI/c1-3-5-14-29-16-17-30-15-12-26-23(25-4-2)27-21-10-8-13-28(19-21)22-11-7-6-9-20(22)18-24;/h6-7,9,11,21H,3-5,8,10,12-17,19H2,1-2H3,(H2,25,26,27);1H. The van der Waals surface area contributed by atoms with Gasteiger partial charge in [-0.15, -0.1) is 24.0 Å². The van der Waals surface area contributed by atoms with Crippen LogP contribution in [0.2, 0.25) is 0 Å². The fourth-order valence-corrected chi connectivity index (χ4v) is 3.46. The average molecular weight is 543 g/mol. The molecule has 0 amide bonds. The highest BCUT2D eigenvalue weighted by Crippen LogP contribution is 2.23. The van der Waals surface area contributed by atoms with E-state index >= 15 is 0 Å². The quantitative estimate of drug-likeness (QED) is 0.182. The molecule has 1 fully saturated rings. The summed E-state index contributed by atoms with van der Waals surface area (Å²) in [4.78, 5) is 6.94. The molecule has 0 aromatic heterocycles. The van der Waals surface area contributed by atoms with E-state index in [9.17, 15) is 5.26 Å². The summed E-state index contributed by atoms with van der Waals surface area (Å²) >= 11 is 0. The first-order valence-corrected chi connectivity index (χ1v) is 11.2. The van der Waals surface area contributed by atoms with Gasteiger partial charge in [0.05, 0.1) is 37.6 Å². The van der Waals surface area contributed by atoms with Crippen LogP contribution in [-0.2, 0) is 9.47 Å². The van der Waals surface area contributed by atoms with Crippen molar-refractivity contribution >= 4 is 35.6 Å². The van der Waals surface area contributed by atoms with E-state index in [1.807, 2.05) is 24.3 Å². The van der Waals surface area contributed by atoms with Gasteiger partial charge >= 0.3 is 0 Å². The van der Waals surface area contributed by atoms with Crippen LogP contribution < -0.4 is 15.5 Å². The Hall–Kier alpha value is -1.57. The van der Waals surface area contributed by atoms with E-state index in [0.29, 0.717) is 26.4 Å². The number of hydrogen-bond donors (Lipinski definition) is 2. The van der Waals surface area contributed by atoms with E-state index < -0.39 is 0 Å². The molecule has 0 radical (unpaired) electrons.